The molecule has 1 rings (SSSR count). The first kappa shape index (κ1) is 70.4. The van der Waals surface area contributed by atoms with Crippen molar-refractivity contribution < 1.29 is 49.3 Å². The predicted octanol–water partition coefficient (Wildman–Crippen LogP) is 14.6. The van der Waals surface area contributed by atoms with E-state index in [-0.39, 0.29) is 13.0 Å². The minimum atomic E-state index is -1.62. The maximum atomic E-state index is 13.4. The van der Waals surface area contributed by atoms with Crippen molar-refractivity contribution >= 4 is 11.9 Å². The first-order chi connectivity index (χ1) is 36.7. The summed E-state index contributed by atoms with van der Waals surface area (Å²) < 4.78 is 17.6. The fourth-order valence-electron chi connectivity index (χ4n) is 9.46. The second kappa shape index (κ2) is 52.1. The molecule has 1 amide bonds. The van der Waals surface area contributed by atoms with Crippen molar-refractivity contribution in [1.29, 1.82) is 0 Å². The van der Waals surface area contributed by atoms with Crippen LogP contribution in [0.5, 0.6) is 0 Å². The highest BCUT2D eigenvalue weighted by molar-refractivity contribution is 5.80. The molecule has 1 heterocycles. The second-order valence-corrected chi connectivity index (χ2v) is 21.4. The first-order valence-corrected chi connectivity index (χ1v) is 31.1. The van der Waals surface area contributed by atoms with E-state index in [4.69, 9.17) is 14.2 Å². The first-order valence-electron chi connectivity index (χ1n) is 31.1. The number of ether oxygens (including phenoxy) is 3. The lowest BCUT2D eigenvalue weighted by Crippen LogP contribution is -2.61. The summed E-state index contributed by atoms with van der Waals surface area (Å²) in [5, 5.41) is 56.9. The number of unbranched alkanes of at least 4 members (excludes halogenated alkanes) is 30. The Morgan fingerprint density at radius 3 is 1.40 bits per heavy atom. The van der Waals surface area contributed by atoms with Gasteiger partial charge in [-0.05, 0) is 70.6 Å². The van der Waals surface area contributed by atoms with Gasteiger partial charge in [-0.15, -0.1) is 0 Å². The van der Waals surface area contributed by atoms with Crippen LogP contribution in [0.4, 0.5) is 0 Å². The van der Waals surface area contributed by atoms with Gasteiger partial charge in [-0.2, -0.15) is 0 Å². The van der Waals surface area contributed by atoms with Crippen LogP contribution in [0.15, 0.2) is 60.8 Å². The van der Waals surface area contributed by atoms with Crippen molar-refractivity contribution in [2.45, 2.75) is 320 Å². The highest BCUT2D eigenvalue weighted by Gasteiger charge is 2.47. The highest BCUT2D eigenvalue weighted by Crippen LogP contribution is 2.26. The van der Waals surface area contributed by atoms with Crippen LogP contribution in [-0.4, -0.2) is 99.6 Å². The third-order valence-corrected chi connectivity index (χ3v) is 14.4. The number of carbonyl (C=O) groups excluding carboxylic acids is 2. The van der Waals surface area contributed by atoms with Crippen LogP contribution in [0, 0.1) is 0 Å². The van der Waals surface area contributed by atoms with Crippen LogP contribution in [0.3, 0.4) is 0 Å². The van der Waals surface area contributed by atoms with E-state index in [1.807, 2.05) is 6.08 Å². The molecule has 1 saturated heterocycles. The van der Waals surface area contributed by atoms with E-state index < -0.39 is 67.4 Å². The van der Waals surface area contributed by atoms with E-state index in [0.29, 0.717) is 19.3 Å². The van der Waals surface area contributed by atoms with Crippen LogP contribution in [0.25, 0.3) is 0 Å². The van der Waals surface area contributed by atoms with Crippen molar-refractivity contribution in [3.8, 4) is 0 Å². The van der Waals surface area contributed by atoms with E-state index in [2.05, 4.69) is 74.7 Å². The molecule has 1 aliphatic rings. The number of nitrogens with one attached hydrogen (secondary N) is 1. The maximum absolute atomic E-state index is 13.4. The Balaban J connectivity index is 2.63. The lowest BCUT2D eigenvalue weighted by Gasteiger charge is -2.41. The van der Waals surface area contributed by atoms with Gasteiger partial charge in [-0.25, -0.2) is 0 Å². The summed E-state index contributed by atoms with van der Waals surface area (Å²) in [5.74, 6) is -1.20. The Hall–Kier alpha value is -2.64. The molecule has 0 radical (unpaired) electrons. The van der Waals surface area contributed by atoms with Gasteiger partial charge in [0.1, 0.15) is 24.4 Å². The summed E-state index contributed by atoms with van der Waals surface area (Å²) >= 11 is 0. The van der Waals surface area contributed by atoms with Gasteiger partial charge in [-0.3, -0.25) is 9.59 Å². The summed E-state index contributed by atoms with van der Waals surface area (Å²) in [4.78, 5) is 26.5. The zero-order valence-electron chi connectivity index (χ0n) is 48.2. The maximum Gasteiger partial charge on any atom is 0.306 e. The molecule has 0 saturated carbocycles. The summed E-state index contributed by atoms with van der Waals surface area (Å²) in [6.07, 6.45) is 54.0. The number of amides is 1. The van der Waals surface area contributed by atoms with Crippen LogP contribution < -0.4 is 5.32 Å². The normalized spacial score (nSPS) is 19.6. The van der Waals surface area contributed by atoms with Crippen molar-refractivity contribution in [3.05, 3.63) is 60.8 Å². The van der Waals surface area contributed by atoms with Crippen LogP contribution in [0.2, 0.25) is 0 Å². The molecule has 1 fully saturated rings. The Labute approximate surface area is 458 Å². The molecule has 11 nitrogen and oxygen atoms in total. The molecule has 6 N–H and O–H groups in total. The van der Waals surface area contributed by atoms with Crippen LogP contribution >= 0.6 is 0 Å². The number of hydrogen-bond acceptors (Lipinski definition) is 10. The molecule has 436 valence electrons. The standard InChI is InChI=1S/C64H115NO10/c1-4-7-10-13-16-19-22-24-25-26-27-28-29-30-31-32-33-34-37-40-43-46-49-52-59(69)75-62-61(71)60(70)58(53-66)74-64(62)73-54-55(56(67)50-47-44-41-38-35-21-18-15-12-9-6-3)65-63(72)57(68)51-48-45-42-39-36-23-20-17-14-11-8-5-2/h16,19,24-25,27-28,30-31,47,50,55-58,60-62,64,66-68,70-71H,4-15,17-18,20-23,26,29,32-46,48-49,51-54H2,1-3H3,(H,65,72)/b19-16-,25-24-,28-27-,31-30-,50-47+. The summed E-state index contributed by atoms with van der Waals surface area (Å²) in [5.41, 5.74) is 0. The summed E-state index contributed by atoms with van der Waals surface area (Å²) in [7, 11) is 0. The van der Waals surface area contributed by atoms with Gasteiger partial charge in [0.25, 0.3) is 0 Å². The van der Waals surface area contributed by atoms with Crippen LogP contribution in [0.1, 0.15) is 271 Å². The lowest BCUT2D eigenvalue weighted by molar-refractivity contribution is -0.305. The second-order valence-electron chi connectivity index (χ2n) is 21.4. The number of esters is 1. The SMILES string of the molecule is CCCCC/C=C\C/C=C\C/C=C\C/C=C\CCCCCCCCCC(=O)OC1C(OCC(NC(=O)C(O)CCCCCCCCCCCCCC)C(O)/C=C/CCCCCCCCCCC)OC(CO)C(O)C1O. The summed E-state index contributed by atoms with van der Waals surface area (Å²) in [6, 6.07) is -1.02. The molecule has 0 aliphatic carbocycles. The lowest BCUT2D eigenvalue weighted by atomic mass is 9.99. The Morgan fingerprint density at radius 2 is 0.920 bits per heavy atom. The Morgan fingerprint density at radius 1 is 0.520 bits per heavy atom. The largest absolute Gasteiger partial charge is 0.454 e. The van der Waals surface area contributed by atoms with E-state index in [1.165, 1.54) is 122 Å². The molecular formula is C64H115NO10. The number of aliphatic hydroxyl groups excluding tert-OH is 5. The van der Waals surface area contributed by atoms with Crippen molar-refractivity contribution in [3.63, 3.8) is 0 Å². The van der Waals surface area contributed by atoms with Gasteiger partial charge < -0.3 is 45.1 Å². The third-order valence-electron chi connectivity index (χ3n) is 14.4. The molecule has 0 aromatic carbocycles. The average Bonchev–Trinajstić information content (AvgIpc) is 3.41. The third kappa shape index (κ3) is 40.2. The van der Waals surface area contributed by atoms with Gasteiger partial charge in [-0.1, -0.05) is 255 Å². The predicted molar refractivity (Wildman–Crippen MR) is 310 cm³/mol. The Kier molecular flexibility index (Phi) is 48.9. The van der Waals surface area contributed by atoms with Gasteiger partial charge in [0.15, 0.2) is 12.4 Å². The molecule has 0 aromatic rings. The quantitative estimate of drug-likeness (QED) is 0.0195. The number of carbonyl (C=O) groups is 2. The molecule has 11 heteroatoms. The van der Waals surface area contributed by atoms with Gasteiger partial charge in [0.05, 0.1) is 25.4 Å². The van der Waals surface area contributed by atoms with Crippen molar-refractivity contribution in [2.75, 3.05) is 13.2 Å². The van der Waals surface area contributed by atoms with Gasteiger partial charge in [0.2, 0.25) is 5.91 Å². The molecule has 75 heavy (non-hydrogen) atoms. The smallest absolute Gasteiger partial charge is 0.306 e. The summed E-state index contributed by atoms with van der Waals surface area (Å²) in [6.45, 7) is 5.74. The fourth-order valence-corrected chi connectivity index (χ4v) is 9.46. The van der Waals surface area contributed by atoms with Crippen molar-refractivity contribution in [1.82, 2.24) is 5.32 Å². The molecule has 0 bridgehead atoms. The minimum Gasteiger partial charge on any atom is -0.454 e. The van der Waals surface area contributed by atoms with Crippen molar-refractivity contribution in [2.24, 2.45) is 0 Å². The Bertz CT molecular complexity index is 1450. The number of rotatable bonds is 52. The van der Waals surface area contributed by atoms with Gasteiger partial charge in [0, 0.05) is 6.42 Å². The topological polar surface area (TPSA) is 175 Å². The van der Waals surface area contributed by atoms with Gasteiger partial charge >= 0.3 is 5.97 Å². The number of aliphatic hydroxyl groups is 5. The van der Waals surface area contributed by atoms with E-state index in [9.17, 15) is 35.1 Å². The fraction of sp³-hybridized carbons (Fsp3) is 0.812. The minimum absolute atomic E-state index is 0.111. The number of hydrogen-bond donors (Lipinski definition) is 6. The van der Waals surface area contributed by atoms with E-state index in [0.717, 1.165) is 103 Å². The highest BCUT2D eigenvalue weighted by atomic mass is 16.7. The van der Waals surface area contributed by atoms with E-state index >= 15 is 0 Å². The molecule has 1 aliphatic heterocycles. The molecular weight excluding hydrogens is 943 g/mol. The molecule has 8 atom stereocenters. The van der Waals surface area contributed by atoms with Crippen LogP contribution in [-0.2, 0) is 23.8 Å². The molecule has 0 aromatic heterocycles. The molecule has 0 spiro atoms. The van der Waals surface area contributed by atoms with E-state index in [1.54, 1.807) is 6.08 Å². The zero-order valence-corrected chi connectivity index (χ0v) is 48.2. The monoisotopic (exact) mass is 1060 g/mol. The average molecular weight is 1060 g/mol. The molecule has 8 unspecified atom stereocenters. The number of allylic oxidation sites excluding steroid dienone is 9. The zero-order chi connectivity index (χ0) is 54.7.